The Kier molecular flexibility index (Phi) is 3.64. The van der Waals surface area contributed by atoms with E-state index in [1.54, 1.807) is 24.3 Å². The second-order valence-electron chi connectivity index (χ2n) is 3.38. The summed E-state index contributed by atoms with van der Waals surface area (Å²) >= 11 is 11.4. The van der Waals surface area contributed by atoms with Crippen LogP contribution in [0.25, 0.3) is 5.69 Å². The van der Waals surface area contributed by atoms with Crippen LogP contribution in [0.2, 0.25) is 5.02 Å². The van der Waals surface area contributed by atoms with Crippen molar-refractivity contribution in [1.29, 1.82) is 0 Å². The standard InChI is InChI=1S/C11H8Cl2F2N2/c12-5-7-6-16-17(10(7)11(14)15)9-3-1-2-8(13)4-9/h1-4,6,11H,5H2. The fourth-order valence-electron chi connectivity index (χ4n) is 1.54. The topological polar surface area (TPSA) is 17.8 Å². The first-order chi connectivity index (χ1) is 8.13. The predicted octanol–water partition coefficient (Wildman–Crippen LogP) is 4.20. The highest BCUT2D eigenvalue weighted by Gasteiger charge is 2.20. The average molecular weight is 277 g/mol. The number of nitrogens with zero attached hydrogens (tertiary/aromatic N) is 2. The number of aromatic nitrogens is 2. The normalized spacial score (nSPS) is 11.1. The highest BCUT2D eigenvalue weighted by Crippen LogP contribution is 2.27. The van der Waals surface area contributed by atoms with Crippen molar-refractivity contribution in [2.75, 3.05) is 0 Å². The molecule has 0 N–H and O–H groups in total. The van der Waals surface area contributed by atoms with E-state index in [9.17, 15) is 8.78 Å². The molecule has 0 radical (unpaired) electrons. The smallest absolute Gasteiger partial charge is 0.232 e. The van der Waals surface area contributed by atoms with Crippen LogP contribution in [0.1, 0.15) is 17.7 Å². The molecule has 90 valence electrons. The molecule has 1 aromatic carbocycles. The molecule has 2 aromatic rings. The van der Waals surface area contributed by atoms with E-state index in [2.05, 4.69) is 5.10 Å². The van der Waals surface area contributed by atoms with Gasteiger partial charge in [0, 0.05) is 10.6 Å². The zero-order chi connectivity index (χ0) is 12.4. The Morgan fingerprint density at radius 2 is 2.12 bits per heavy atom. The van der Waals surface area contributed by atoms with Gasteiger partial charge < -0.3 is 0 Å². The summed E-state index contributed by atoms with van der Waals surface area (Å²) in [5.74, 6) is 0.000237. The summed E-state index contributed by atoms with van der Waals surface area (Å²) in [5, 5.41) is 4.38. The van der Waals surface area contributed by atoms with Gasteiger partial charge in [0.2, 0.25) is 0 Å². The van der Waals surface area contributed by atoms with Crippen LogP contribution in [-0.4, -0.2) is 9.78 Å². The molecule has 0 aliphatic carbocycles. The Balaban J connectivity index is 2.56. The van der Waals surface area contributed by atoms with Crippen molar-refractivity contribution in [2.24, 2.45) is 0 Å². The number of benzene rings is 1. The maximum absolute atomic E-state index is 12.9. The van der Waals surface area contributed by atoms with Crippen LogP contribution in [0.4, 0.5) is 8.78 Å². The second kappa shape index (κ2) is 5.02. The van der Waals surface area contributed by atoms with Crippen molar-refractivity contribution in [2.45, 2.75) is 12.3 Å². The fourth-order valence-corrected chi connectivity index (χ4v) is 1.93. The van der Waals surface area contributed by atoms with Gasteiger partial charge in [-0.1, -0.05) is 17.7 Å². The molecule has 0 aliphatic rings. The van der Waals surface area contributed by atoms with Crippen LogP contribution < -0.4 is 0 Å². The van der Waals surface area contributed by atoms with Crippen LogP contribution in [0, 0.1) is 0 Å². The quantitative estimate of drug-likeness (QED) is 0.769. The van der Waals surface area contributed by atoms with Gasteiger partial charge in [-0.15, -0.1) is 11.6 Å². The molecule has 0 amide bonds. The lowest BCUT2D eigenvalue weighted by Gasteiger charge is -2.08. The Labute approximate surface area is 107 Å². The molecule has 17 heavy (non-hydrogen) atoms. The first-order valence-corrected chi connectivity index (χ1v) is 5.71. The molecule has 0 aliphatic heterocycles. The first kappa shape index (κ1) is 12.3. The number of halogens is 4. The van der Waals surface area contributed by atoms with Crippen molar-refractivity contribution >= 4 is 23.2 Å². The molecular formula is C11H8Cl2F2N2. The summed E-state index contributed by atoms with van der Waals surface area (Å²) in [5.41, 5.74) is 0.619. The molecule has 0 fully saturated rings. The Hall–Kier alpha value is -1.13. The lowest BCUT2D eigenvalue weighted by molar-refractivity contribution is 0.142. The third-order valence-electron chi connectivity index (χ3n) is 2.29. The number of alkyl halides is 3. The monoisotopic (exact) mass is 276 g/mol. The van der Waals surface area contributed by atoms with E-state index >= 15 is 0 Å². The lowest BCUT2D eigenvalue weighted by atomic mass is 10.2. The fraction of sp³-hybridized carbons (Fsp3) is 0.182. The molecule has 0 saturated heterocycles. The van der Waals surface area contributed by atoms with Crippen LogP contribution in [0.15, 0.2) is 30.5 Å². The first-order valence-electron chi connectivity index (χ1n) is 4.80. The molecule has 2 nitrogen and oxygen atoms in total. The number of hydrogen-bond donors (Lipinski definition) is 0. The van der Waals surface area contributed by atoms with E-state index in [1.807, 2.05) is 0 Å². The van der Waals surface area contributed by atoms with Gasteiger partial charge in [-0.2, -0.15) is 5.10 Å². The van der Waals surface area contributed by atoms with E-state index < -0.39 is 6.43 Å². The van der Waals surface area contributed by atoms with Gasteiger partial charge in [0.25, 0.3) is 6.43 Å². The molecule has 0 atom stereocenters. The van der Waals surface area contributed by atoms with Crippen molar-refractivity contribution in [3.8, 4) is 5.69 Å². The summed E-state index contributed by atoms with van der Waals surface area (Å²) in [7, 11) is 0. The zero-order valence-corrected chi connectivity index (χ0v) is 10.1. The summed E-state index contributed by atoms with van der Waals surface area (Å²) in [6, 6.07) is 6.56. The molecule has 0 saturated carbocycles. The van der Waals surface area contributed by atoms with Crippen molar-refractivity contribution in [3.05, 3.63) is 46.7 Å². The van der Waals surface area contributed by atoms with E-state index in [1.165, 1.54) is 6.20 Å². The van der Waals surface area contributed by atoms with Gasteiger partial charge in [0.05, 0.1) is 17.8 Å². The van der Waals surface area contributed by atoms with Gasteiger partial charge in [-0.3, -0.25) is 0 Å². The van der Waals surface area contributed by atoms with E-state index in [4.69, 9.17) is 23.2 Å². The van der Waals surface area contributed by atoms with E-state index in [0.29, 0.717) is 16.3 Å². The van der Waals surface area contributed by atoms with Gasteiger partial charge in [0.1, 0.15) is 5.69 Å². The molecular weight excluding hydrogens is 269 g/mol. The maximum Gasteiger partial charge on any atom is 0.280 e. The molecule has 2 rings (SSSR count). The van der Waals surface area contributed by atoms with Crippen LogP contribution >= 0.6 is 23.2 Å². The minimum Gasteiger partial charge on any atom is -0.232 e. The summed E-state index contributed by atoms with van der Waals surface area (Å²) in [6.45, 7) is 0. The van der Waals surface area contributed by atoms with Gasteiger partial charge in [-0.25, -0.2) is 13.5 Å². The van der Waals surface area contributed by atoms with Crippen molar-refractivity contribution in [1.82, 2.24) is 9.78 Å². The van der Waals surface area contributed by atoms with E-state index in [0.717, 1.165) is 4.68 Å². The van der Waals surface area contributed by atoms with Crippen LogP contribution in [0.5, 0.6) is 0 Å². The average Bonchev–Trinajstić information content (AvgIpc) is 2.72. The van der Waals surface area contributed by atoms with Gasteiger partial charge >= 0.3 is 0 Å². The maximum atomic E-state index is 12.9. The van der Waals surface area contributed by atoms with Gasteiger partial charge in [-0.05, 0) is 18.2 Å². The second-order valence-corrected chi connectivity index (χ2v) is 4.08. The molecule has 0 spiro atoms. The van der Waals surface area contributed by atoms with Crippen LogP contribution in [-0.2, 0) is 5.88 Å². The highest BCUT2D eigenvalue weighted by molar-refractivity contribution is 6.30. The molecule has 0 unspecified atom stereocenters. The molecule has 1 heterocycles. The van der Waals surface area contributed by atoms with Crippen LogP contribution in [0.3, 0.4) is 0 Å². The summed E-state index contributed by atoms with van der Waals surface area (Å²) in [6.07, 6.45) is -1.29. The lowest BCUT2D eigenvalue weighted by Crippen LogP contribution is -2.03. The largest absolute Gasteiger partial charge is 0.280 e. The zero-order valence-electron chi connectivity index (χ0n) is 8.58. The van der Waals surface area contributed by atoms with Crippen molar-refractivity contribution < 1.29 is 8.78 Å². The number of rotatable bonds is 3. The highest BCUT2D eigenvalue weighted by atomic mass is 35.5. The molecule has 0 bridgehead atoms. The SMILES string of the molecule is FC(F)c1c(CCl)cnn1-c1cccc(Cl)c1. The van der Waals surface area contributed by atoms with Crippen molar-refractivity contribution in [3.63, 3.8) is 0 Å². The minimum absolute atomic E-state index is 0.000237. The Morgan fingerprint density at radius 1 is 1.35 bits per heavy atom. The third-order valence-corrected chi connectivity index (χ3v) is 2.81. The minimum atomic E-state index is -2.63. The summed E-state index contributed by atoms with van der Waals surface area (Å²) in [4.78, 5) is 0. The van der Waals surface area contributed by atoms with Gasteiger partial charge in [0.15, 0.2) is 0 Å². The molecule has 6 heteroatoms. The number of hydrogen-bond acceptors (Lipinski definition) is 1. The van der Waals surface area contributed by atoms with E-state index in [-0.39, 0.29) is 11.6 Å². The Morgan fingerprint density at radius 3 is 2.71 bits per heavy atom. The predicted molar refractivity (Wildman–Crippen MR) is 63.1 cm³/mol. The Bertz CT molecular complexity index is 526. The third kappa shape index (κ3) is 2.42. The molecule has 1 aromatic heterocycles. The summed E-state index contributed by atoms with van der Waals surface area (Å²) < 4.78 is 27.0.